The molecule has 0 spiro atoms. The van der Waals surface area contributed by atoms with Crippen LogP contribution < -0.4 is 5.56 Å². The zero-order chi connectivity index (χ0) is 17.3. The van der Waals surface area contributed by atoms with E-state index in [2.05, 4.69) is 10.1 Å². The first-order chi connectivity index (χ1) is 11.5. The van der Waals surface area contributed by atoms with Gasteiger partial charge in [0.05, 0.1) is 16.9 Å². The van der Waals surface area contributed by atoms with Gasteiger partial charge in [0.2, 0.25) is 0 Å². The molecule has 5 heteroatoms. The zero-order valence-electron chi connectivity index (χ0n) is 13.8. The molecule has 0 saturated carbocycles. The van der Waals surface area contributed by atoms with Crippen LogP contribution >= 0.6 is 11.6 Å². The van der Waals surface area contributed by atoms with Gasteiger partial charge in [-0.15, -0.1) is 0 Å². The number of aryl methyl sites for hydroxylation is 3. The van der Waals surface area contributed by atoms with Crippen LogP contribution in [0.15, 0.2) is 52.3 Å². The molecule has 4 nitrogen and oxygen atoms in total. The number of hydrogen-bond donors (Lipinski definition) is 1. The predicted molar refractivity (Wildman–Crippen MR) is 99.3 cm³/mol. The minimum atomic E-state index is -0.135. The SMILES string of the molecule is Cc1ccc(C)c(N=Cc2c(C)[nH]n(-c3ccc(Cl)cc3)c2=O)c1. The fourth-order valence-corrected chi connectivity index (χ4v) is 2.60. The van der Waals surface area contributed by atoms with Crippen molar-refractivity contribution in [3.8, 4) is 5.69 Å². The molecule has 24 heavy (non-hydrogen) atoms. The molecule has 0 radical (unpaired) electrons. The summed E-state index contributed by atoms with van der Waals surface area (Å²) in [6, 6.07) is 13.2. The van der Waals surface area contributed by atoms with E-state index < -0.39 is 0 Å². The van der Waals surface area contributed by atoms with E-state index in [0.29, 0.717) is 10.6 Å². The predicted octanol–water partition coefficient (Wildman–Crippen LogP) is 4.49. The van der Waals surface area contributed by atoms with Gasteiger partial charge in [0, 0.05) is 16.9 Å². The van der Waals surface area contributed by atoms with Crippen LogP contribution in [0, 0.1) is 20.8 Å². The third-order valence-corrected chi connectivity index (χ3v) is 4.15. The van der Waals surface area contributed by atoms with Gasteiger partial charge in [0.1, 0.15) is 0 Å². The van der Waals surface area contributed by atoms with E-state index in [9.17, 15) is 4.79 Å². The third kappa shape index (κ3) is 3.19. The lowest BCUT2D eigenvalue weighted by atomic mass is 10.1. The van der Waals surface area contributed by atoms with Crippen molar-refractivity contribution in [2.75, 3.05) is 0 Å². The Morgan fingerprint density at radius 1 is 1.08 bits per heavy atom. The molecule has 0 atom stereocenters. The number of hydrogen-bond acceptors (Lipinski definition) is 2. The third-order valence-electron chi connectivity index (χ3n) is 3.90. The summed E-state index contributed by atoms with van der Waals surface area (Å²) in [7, 11) is 0. The maximum atomic E-state index is 12.7. The number of rotatable bonds is 3. The van der Waals surface area contributed by atoms with Gasteiger partial charge in [0.15, 0.2) is 0 Å². The van der Waals surface area contributed by atoms with E-state index in [4.69, 9.17) is 11.6 Å². The Labute approximate surface area is 145 Å². The largest absolute Gasteiger partial charge is 0.295 e. The number of benzene rings is 2. The van der Waals surface area contributed by atoms with Gasteiger partial charge in [-0.1, -0.05) is 23.7 Å². The first-order valence-corrected chi connectivity index (χ1v) is 8.02. The quantitative estimate of drug-likeness (QED) is 0.702. The Morgan fingerprint density at radius 3 is 2.50 bits per heavy atom. The molecule has 0 unspecified atom stereocenters. The highest BCUT2D eigenvalue weighted by Crippen LogP contribution is 2.20. The lowest BCUT2D eigenvalue weighted by Crippen LogP contribution is -2.17. The van der Waals surface area contributed by atoms with Crippen LogP contribution in [0.5, 0.6) is 0 Å². The minimum Gasteiger partial charge on any atom is -0.295 e. The molecule has 0 saturated heterocycles. The Kier molecular flexibility index (Phi) is 4.40. The number of aromatic amines is 1. The number of aromatic nitrogens is 2. The van der Waals surface area contributed by atoms with Crippen LogP contribution in [-0.4, -0.2) is 16.0 Å². The molecule has 1 aromatic heterocycles. The average molecular weight is 340 g/mol. The molecule has 3 rings (SSSR count). The Hall–Kier alpha value is -2.59. The molecule has 1 heterocycles. The molecule has 0 aliphatic heterocycles. The summed E-state index contributed by atoms with van der Waals surface area (Å²) in [4.78, 5) is 17.2. The summed E-state index contributed by atoms with van der Waals surface area (Å²) in [5.41, 5.74) is 4.99. The average Bonchev–Trinajstić information content (AvgIpc) is 2.84. The van der Waals surface area contributed by atoms with Crippen LogP contribution in [0.1, 0.15) is 22.4 Å². The second kappa shape index (κ2) is 6.49. The van der Waals surface area contributed by atoms with Crippen LogP contribution in [0.4, 0.5) is 5.69 Å². The maximum absolute atomic E-state index is 12.7. The van der Waals surface area contributed by atoms with Crippen molar-refractivity contribution in [1.29, 1.82) is 0 Å². The minimum absolute atomic E-state index is 0.135. The number of halogens is 1. The molecule has 0 aliphatic carbocycles. The lowest BCUT2D eigenvalue weighted by Gasteiger charge is -2.01. The Morgan fingerprint density at radius 2 is 1.79 bits per heavy atom. The smallest absolute Gasteiger partial charge is 0.280 e. The molecule has 3 aromatic rings. The molecule has 122 valence electrons. The second-order valence-electron chi connectivity index (χ2n) is 5.82. The molecular formula is C19H18ClN3O. The number of nitrogens with zero attached hydrogens (tertiary/aromatic N) is 2. The van der Waals surface area contributed by atoms with Crippen LogP contribution in [-0.2, 0) is 0 Å². The van der Waals surface area contributed by atoms with Gasteiger partial charge in [-0.05, 0) is 62.2 Å². The maximum Gasteiger partial charge on any atom is 0.280 e. The fraction of sp³-hybridized carbons (Fsp3) is 0.158. The van der Waals surface area contributed by atoms with Crippen LogP contribution in [0.2, 0.25) is 5.02 Å². The second-order valence-corrected chi connectivity index (χ2v) is 6.25. The van der Waals surface area contributed by atoms with E-state index in [0.717, 1.165) is 28.2 Å². The standard InChI is InChI=1S/C19H18ClN3O/c1-12-4-5-13(2)18(10-12)21-11-17-14(3)22-23(19(17)24)16-8-6-15(20)7-9-16/h4-11,22H,1-3H3. The molecule has 0 bridgehead atoms. The molecule has 0 fully saturated rings. The summed E-state index contributed by atoms with van der Waals surface area (Å²) in [5, 5.41) is 3.71. The summed E-state index contributed by atoms with van der Waals surface area (Å²) in [6.45, 7) is 5.88. The highest BCUT2D eigenvalue weighted by molar-refractivity contribution is 6.30. The first kappa shape index (κ1) is 16.3. The summed E-state index contributed by atoms with van der Waals surface area (Å²) >= 11 is 5.90. The van der Waals surface area contributed by atoms with E-state index in [-0.39, 0.29) is 5.56 Å². The Bertz CT molecular complexity index is 965. The Balaban J connectivity index is 2.01. The van der Waals surface area contributed by atoms with Crippen molar-refractivity contribution in [2.45, 2.75) is 20.8 Å². The van der Waals surface area contributed by atoms with Gasteiger partial charge in [0.25, 0.3) is 5.56 Å². The number of aliphatic imine (C=N–C) groups is 1. The van der Waals surface area contributed by atoms with Gasteiger partial charge in [-0.3, -0.25) is 14.9 Å². The van der Waals surface area contributed by atoms with E-state index in [1.54, 1.807) is 30.5 Å². The van der Waals surface area contributed by atoms with Gasteiger partial charge in [-0.25, -0.2) is 4.68 Å². The number of nitrogens with one attached hydrogen (secondary N) is 1. The van der Waals surface area contributed by atoms with Crippen LogP contribution in [0.3, 0.4) is 0 Å². The zero-order valence-corrected chi connectivity index (χ0v) is 14.6. The molecular weight excluding hydrogens is 322 g/mol. The van der Waals surface area contributed by atoms with E-state index in [1.165, 1.54) is 4.68 Å². The summed E-state index contributed by atoms with van der Waals surface area (Å²) < 4.78 is 1.50. The highest BCUT2D eigenvalue weighted by Gasteiger charge is 2.10. The normalized spacial score (nSPS) is 11.3. The van der Waals surface area contributed by atoms with Crippen molar-refractivity contribution in [2.24, 2.45) is 4.99 Å². The fourth-order valence-electron chi connectivity index (χ4n) is 2.48. The topological polar surface area (TPSA) is 50.1 Å². The van der Waals surface area contributed by atoms with Crippen molar-refractivity contribution < 1.29 is 0 Å². The van der Waals surface area contributed by atoms with Gasteiger partial charge >= 0.3 is 0 Å². The van der Waals surface area contributed by atoms with Gasteiger partial charge < -0.3 is 0 Å². The summed E-state index contributed by atoms with van der Waals surface area (Å²) in [6.07, 6.45) is 1.63. The monoisotopic (exact) mass is 339 g/mol. The van der Waals surface area contributed by atoms with Crippen molar-refractivity contribution >= 4 is 23.5 Å². The lowest BCUT2D eigenvalue weighted by molar-refractivity contribution is 0.835. The van der Waals surface area contributed by atoms with E-state index in [1.807, 2.05) is 39.0 Å². The molecule has 1 N–H and O–H groups in total. The van der Waals surface area contributed by atoms with Crippen molar-refractivity contribution in [1.82, 2.24) is 9.78 Å². The van der Waals surface area contributed by atoms with Crippen LogP contribution in [0.25, 0.3) is 5.69 Å². The van der Waals surface area contributed by atoms with Crippen molar-refractivity contribution in [3.05, 3.63) is 80.2 Å². The molecule has 2 aromatic carbocycles. The van der Waals surface area contributed by atoms with E-state index >= 15 is 0 Å². The summed E-state index contributed by atoms with van der Waals surface area (Å²) in [5.74, 6) is 0. The molecule has 0 aliphatic rings. The first-order valence-electron chi connectivity index (χ1n) is 7.64. The highest BCUT2D eigenvalue weighted by atomic mass is 35.5. The van der Waals surface area contributed by atoms with Gasteiger partial charge in [-0.2, -0.15) is 0 Å². The molecule has 0 amide bonds. The van der Waals surface area contributed by atoms with Crippen molar-refractivity contribution in [3.63, 3.8) is 0 Å². The number of H-pyrrole nitrogens is 1.